The second-order valence-electron chi connectivity index (χ2n) is 20.1. The van der Waals surface area contributed by atoms with Crippen LogP contribution < -0.4 is 36.2 Å². The zero-order valence-corrected chi connectivity index (χ0v) is 38.1. The minimum absolute atomic E-state index is 0.0298. The maximum atomic E-state index is 13.7. The molecule has 2 saturated carbocycles. The Labute approximate surface area is 381 Å². The largest absolute Gasteiger partial charge is 0.490 e. The average molecular weight is 894 g/mol. The first-order chi connectivity index (χ1) is 30.8. The molecule has 3 aromatic carbocycles. The summed E-state index contributed by atoms with van der Waals surface area (Å²) in [7, 11) is 0. The fourth-order valence-electron chi connectivity index (χ4n) is 12.0. The smallest absolute Gasteiger partial charge is 0.225 e. The Bertz CT molecular complexity index is 2270. The first-order valence-corrected chi connectivity index (χ1v) is 23.4. The fraction of sp³-hybridized carbons (Fsp3) is 0.571. The predicted molar refractivity (Wildman–Crippen MR) is 242 cm³/mol. The number of hydrogen-bond donors (Lipinski definition) is 5. The molecular weight excluding hydrogens is 832 g/mol. The molecule has 3 aromatic rings. The molecule has 5 N–H and O–H groups in total. The number of amides is 1. The Morgan fingerprint density at radius 2 is 1.73 bits per heavy atom. The van der Waals surface area contributed by atoms with Gasteiger partial charge in [0, 0.05) is 98.0 Å². The van der Waals surface area contributed by atoms with Gasteiger partial charge in [0.05, 0.1) is 47.1 Å². The predicted octanol–water partition coefficient (Wildman–Crippen LogP) is 4.85. The van der Waals surface area contributed by atoms with Gasteiger partial charge in [-0.25, -0.2) is 0 Å². The van der Waals surface area contributed by atoms with Crippen LogP contribution in [0.4, 0.5) is 0 Å². The van der Waals surface area contributed by atoms with E-state index in [1.165, 1.54) is 5.56 Å². The van der Waals surface area contributed by atoms with Crippen LogP contribution in [0.2, 0.25) is 5.02 Å². The van der Waals surface area contributed by atoms with E-state index >= 15 is 0 Å². The van der Waals surface area contributed by atoms with Gasteiger partial charge in [-0.05, 0) is 48.9 Å². The highest BCUT2D eigenvalue weighted by molar-refractivity contribution is 6.31. The molecule has 15 heteroatoms. The van der Waals surface area contributed by atoms with Crippen LogP contribution in [0.15, 0.2) is 71.7 Å². The number of benzene rings is 3. The van der Waals surface area contributed by atoms with Crippen molar-refractivity contribution in [2.45, 2.75) is 114 Å². The number of aliphatic imine (C=N–C) groups is 1. The van der Waals surface area contributed by atoms with E-state index in [0.717, 1.165) is 61.5 Å². The second-order valence-corrected chi connectivity index (χ2v) is 20.5. The normalized spacial score (nSPS) is 32.8. The average Bonchev–Trinajstić information content (AvgIpc) is 3.92. The molecule has 5 atom stereocenters. The summed E-state index contributed by atoms with van der Waals surface area (Å²) in [5.41, 5.74) is 7.17. The topological polar surface area (TPSA) is 163 Å². The van der Waals surface area contributed by atoms with E-state index in [0.29, 0.717) is 42.6 Å². The Morgan fingerprint density at radius 3 is 2.45 bits per heavy atom. The zero-order valence-electron chi connectivity index (χ0n) is 37.4. The molecule has 0 bridgehead atoms. The molecule has 6 fully saturated rings. The van der Waals surface area contributed by atoms with E-state index < -0.39 is 0 Å². The van der Waals surface area contributed by atoms with E-state index in [9.17, 15) is 10.1 Å². The lowest BCUT2D eigenvalue weighted by molar-refractivity contribution is -0.196. The van der Waals surface area contributed by atoms with E-state index in [1.807, 2.05) is 0 Å². The molecule has 5 heterocycles. The quantitative estimate of drug-likeness (QED) is 0.189. The van der Waals surface area contributed by atoms with Crippen LogP contribution in [0, 0.1) is 28.1 Å². The number of hydroxylamine groups is 1. The Hall–Kier alpha value is -4.14. The lowest BCUT2D eigenvalue weighted by Gasteiger charge is -2.63. The second kappa shape index (κ2) is 17.3. The highest BCUT2D eigenvalue weighted by Crippen LogP contribution is 2.56. The number of carbonyl (C=O) groups excluding carboxylic acids is 1. The van der Waals surface area contributed by atoms with Crippen LogP contribution in [0.3, 0.4) is 0 Å². The summed E-state index contributed by atoms with van der Waals surface area (Å²) in [6.45, 7) is 15.6. The number of rotatable bonds is 10. The van der Waals surface area contributed by atoms with Gasteiger partial charge in [-0.1, -0.05) is 63.6 Å². The summed E-state index contributed by atoms with van der Waals surface area (Å²) in [6, 6.07) is 24.2. The number of nitrogens with zero attached hydrogens (tertiary/aromatic N) is 3. The first-order valence-electron chi connectivity index (χ1n) is 23.0. The van der Waals surface area contributed by atoms with Crippen molar-refractivity contribution in [1.82, 2.24) is 31.6 Å². The van der Waals surface area contributed by atoms with Gasteiger partial charge >= 0.3 is 0 Å². The molecule has 1 spiro atoms. The van der Waals surface area contributed by atoms with Crippen LogP contribution in [-0.4, -0.2) is 117 Å². The number of halogens is 1. The van der Waals surface area contributed by atoms with Gasteiger partial charge in [0.1, 0.15) is 48.4 Å². The third-order valence-electron chi connectivity index (χ3n) is 15.0. The first kappa shape index (κ1) is 43.7. The van der Waals surface area contributed by atoms with Crippen molar-refractivity contribution in [3.8, 4) is 17.6 Å². The van der Waals surface area contributed by atoms with Crippen molar-refractivity contribution in [1.29, 1.82) is 5.26 Å². The van der Waals surface area contributed by atoms with Crippen molar-refractivity contribution < 1.29 is 28.6 Å². The minimum atomic E-state index is -0.330. The number of carbonyl (C=O) groups is 1. The summed E-state index contributed by atoms with van der Waals surface area (Å²) in [6.07, 6.45) is 2.06. The van der Waals surface area contributed by atoms with Gasteiger partial charge in [-0.3, -0.25) is 35.5 Å². The number of morpholine rings is 1. The Kier molecular flexibility index (Phi) is 11.8. The van der Waals surface area contributed by atoms with Gasteiger partial charge in [0.15, 0.2) is 0 Å². The van der Waals surface area contributed by atoms with Crippen LogP contribution in [0.5, 0.6) is 11.5 Å². The Morgan fingerprint density at radius 1 is 0.984 bits per heavy atom. The molecule has 64 heavy (non-hydrogen) atoms. The molecule has 2 aliphatic carbocycles. The third-order valence-corrected chi connectivity index (χ3v) is 15.3. The third kappa shape index (κ3) is 8.11. The van der Waals surface area contributed by atoms with E-state index in [2.05, 4.69) is 121 Å². The fourth-order valence-corrected chi connectivity index (χ4v) is 12.2. The standard InChI is InChI=1S/C49H61ClN8O6/c1-28-40-35-8-6-7-9-36(35)41(55-38(42(40)64-57-28)21-39-52-16-18-60-39)29-10-13-32(14-11-29)62-34-22-49(23-34)27-58(17-19-61-49)46-53-25-31(26-54-46)43(59)56-44-47(2,3)45(48(44,4)5)63-33-15-12-30(24-51)37(50)20-33/h6-15,20,28,31,34,38-40,42,44-46,52-54,57H,16-19,21-23,25-27H2,1-5H3,(H,56,59)/t28?,31?,34?,38-,39?,40?,42?,44?,45?,46?,49?/m0/s1. The molecule has 4 unspecified atom stereocenters. The van der Waals surface area contributed by atoms with Crippen LogP contribution in [0.25, 0.3) is 0 Å². The SMILES string of the molecule is CC1NOC2C1c1ccccc1C(c1ccc(OC3CC4(C3)CN(C3NCC(C(=O)NC5C(C)(C)C(Oc6ccc(C#N)c(Cl)c6)C5(C)C)CN3)CCO4)cc1)=N[C@H]2CC1NCCO1. The van der Waals surface area contributed by atoms with Crippen LogP contribution >= 0.6 is 11.6 Å². The summed E-state index contributed by atoms with van der Waals surface area (Å²) in [5, 5.41) is 23.7. The lowest BCUT2D eigenvalue weighted by Crippen LogP contribution is -2.75. The van der Waals surface area contributed by atoms with Gasteiger partial charge in [-0.2, -0.15) is 10.7 Å². The highest BCUT2D eigenvalue weighted by Gasteiger charge is 2.64. The van der Waals surface area contributed by atoms with Crippen LogP contribution in [0.1, 0.15) is 82.1 Å². The minimum Gasteiger partial charge on any atom is -0.490 e. The summed E-state index contributed by atoms with van der Waals surface area (Å²) in [5.74, 6) is 1.43. The molecule has 0 radical (unpaired) electrons. The number of nitrogens with one attached hydrogen (secondary N) is 5. The number of fused-ring (bicyclic) bond motifs is 3. The van der Waals surface area contributed by atoms with E-state index in [4.69, 9.17) is 40.4 Å². The number of nitriles is 1. The van der Waals surface area contributed by atoms with Crippen LogP contribution in [-0.2, 0) is 19.1 Å². The summed E-state index contributed by atoms with van der Waals surface area (Å²) in [4.78, 5) is 27.8. The number of ether oxygens (including phenoxy) is 4. The van der Waals surface area contributed by atoms with E-state index in [-0.39, 0.29) is 83.1 Å². The highest BCUT2D eigenvalue weighted by atomic mass is 35.5. The Balaban J connectivity index is 0.720. The monoisotopic (exact) mass is 892 g/mol. The van der Waals surface area contributed by atoms with Crippen molar-refractivity contribution in [3.63, 3.8) is 0 Å². The molecule has 340 valence electrons. The maximum Gasteiger partial charge on any atom is 0.225 e. The van der Waals surface area contributed by atoms with Crippen molar-refractivity contribution >= 4 is 23.2 Å². The summed E-state index contributed by atoms with van der Waals surface area (Å²) < 4.78 is 25.4. The molecule has 1 amide bonds. The van der Waals surface area contributed by atoms with Gasteiger partial charge in [0.2, 0.25) is 5.91 Å². The lowest BCUT2D eigenvalue weighted by atomic mass is 9.49. The zero-order chi connectivity index (χ0) is 44.4. The van der Waals surface area contributed by atoms with Gasteiger partial charge < -0.3 is 24.3 Å². The number of hydrogen-bond acceptors (Lipinski definition) is 13. The van der Waals surface area contributed by atoms with Gasteiger partial charge in [0.25, 0.3) is 0 Å². The van der Waals surface area contributed by atoms with E-state index in [1.54, 1.807) is 18.2 Å². The molecule has 5 aliphatic heterocycles. The summed E-state index contributed by atoms with van der Waals surface area (Å²) >= 11 is 6.29. The van der Waals surface area contributed by atoms with Crippen molar-refractivity contribution in [2.75, 3.05) is 45.9 Å². The van der Waals surface area contributed by atoms with Gasteiger partial charge in [-0.15, -0.1) is 0 Å². The van der Waals surface area contributed by atoms with Crippen molar-refractivity contribution in [3.05, 3.63) is 94.0 Å². The molecule has 10 rings (SSSR count). The molecule has 4 saturated heterocycles. The molecule has 0 aromatic heterocycles. The molecule has 14 nitrogen and oxygen atoms in total. The molecular formula is C49H61ClN8O6. The van der Waals surface area contributed by atoms with Crippen molar-refractivity contribution in [2.24, 2.45) is 21.7 Å². The molecule has 7 aliphatic rings. The maximum absolute atomic E-state index is 13.7.